The molecule has 3 nitrogen and oxygen atoms in total. The van der Waals surface area contributed by atoms with Crippen LogP contribution in [0.2, 0.25) is 10.0 Å². The van der Waals surface area contributed by atoms with Gasteiger partial charge in [-0.05, 0) is 60.7 Å². The molecule has 2 rings (SSSR count). The Morgan fingerprint density at radius 1 is 0.719 bits per heavy atom. The molecular weight excluding hydrogens is 504 g/mol. The summed E-state index contributed by atoms with van der Waals surface area (Å²) in [6, 6.07) is 10.8. The number of hydrogen-bond donors (Lipinski definition) is 0. The van der Waals surface area contributed by atoms with E-state index in [1.54, 1.807) is 0 Å². The van der Waals surface area contributed by atoms with Gasteiger partial charge in [-0.25, -0.2) is 4.57 Å². The van der Waals surface area contributed by atoms with Crippen molar-refractivity contribution in [3.8, 4) is 0 Å². The van der Waals surface area contributed by atoms with Crippen LogP contribution in [-0.4, -0.2) is 12.4 Å². The van der Waals surface area contributed by atoms with E-state index in [1.807, 2.05) is 0 Å². The van der Waals surface area contributed by atoms with E-state index in [4.69, 9.17) is 32.2 Å². The molecule has 32 heavy (non-hydrogen) atoms. The zero-order valence-corrected chi connectivity index (χ0v) is 18.4. The topological polar surface area (TPSA) is 35.5 Å². The second-order valence-corrected chi connectivity index (χ2v) is 8.02. The highest BCUT2D eigenvalue weighted by Gasteiger charge is 2.27. The lowest BCUT2D eigenvalue weighted by Crippen LogP contribution is -2.05. The summed E-state index contributed by atoms with van der Waals surface area (Å²) >= 11 is 11.5. The zero-order chi connectivity index (χ0) is 23.9. The lowest BCUT2D eigenvalue weighted by Gasteiger charge is -2.15. The van der Waals surface area contributed by atoms with E-state index in [0.717, 1.165) is 0 Å². The van der Waals surface area contributed by atoms with Crippen LogP contribution in [0.1, 0.15) is 24.0 Å². The van der Waals surface area contributed by atoms with Gasteiger partial charge in [-0.15, -0.1) is 0 Å². The predicted molar refractivity (Wildman–Crippen MR) is 111 cm³/mol. The first kappa shape index (κ1) is 26.2. The molecule has 0 radical (unpaired) electrons. The second-order valence-electron chi connectivity index (χ2n) is 6.24. The first-order chi connectivity index (χ1) is 14.8. The molecule has 0 aromatic heterocycles. The highest BCUT2D eigenvalue weighted by molar-refractivity contribution is 7.34. The first-order valence-electron chi connectivity index (χ1n) is 8.78. The van der Waals surface area contributed by atoms with Crippen LogP contribution in [0.4, 0.5) is 26.3 Å². The monoisotopic (exact) mass is 518 g/mol. The molecule has 0 atom stereocenters. The Hall–Kier alpha value is -2.09. The van der Waals surface area contributed by atoms with Gasteiger partial charge in [-0.3, -0.25) is 0 Å². The third-order valence-corrected chi connectivity index (χ3v) is 4.96. The largest absolute Gasteiger partial charge is 0.418 e. The lowest BCUT2D eigenvalue weighted by atomic mass is 10.1. The number of halogens is 8. The first-order valence-corrected chi connectivity index (χ1v) is 10.8. The summed E-state index contributed by atoms with van der Waals surface area (Å²) < 4.78 is 98.5. The fourth-order valence-electron chi connectivity index (χ4n) is 2.28. The average Bonchev–Trinajstić information content (AvgIpc) is 2.68. The Morgan fingerprint density at radius 2 is 1.03 bits per heavy atom. The summed E-state index contributed by atoms with van der Waals surface area (Å²) in [5.74, 6) is -0.844. The summed E-state index contributed by atoms with van der Waals surface area (Å²) in [6.45, 7) is 0. The van der Waals surface area contributed by atoms with Gasteiger partial charge in [-0.2, -0.15) is 26.3 Å². The molecule has 12 heteroatoms. The molecule has 0 amide bonds. The molecule has 0 heterocycles. The fraction of sp³-hybridized carbons (Fsp3) is 0.200. The van der Waals surface area contributed by atoms with Gasteiger partial charge in [0, 0.05) is 21.2 Å². The molecule has 174 valence electrons. The summed E-state index contributed by atoms with van der Waals surface area (Å²) in [6.07, 6.45) is -10.6. The SMILES string of the molecule is O=[PH](OC(=CCC(F)(F)F)c1ccc(Cl)cc1)OC(=CCC(F)(F)F)c1ccc(Cl)cc1. The Labute approximate surface area is 190 Å². The van der Waals surface area contributed by atoms with Crippen LogP contribution in [-0.2, 0) is 13.6 Å². The van der Waals surface area contributed by atoms with Crippen molar-refractivity contribution < 1.29 is 40.0 Å². The van der Waals surface area contributed by atoms with E-state index in [1.165, 1.54) is 48.5 Å². The Morgan fingerprint density at radius 3 is 1.31 bits per heavy atom. The van der Waals surface area contributed by atoms with Crippen molar-refractivity contribution in [3.05, 3.63) is 81.9 Å². The third kappa shape index (κ3) is 9.59. The van der Waals surface area contributed by atoms with Crippen molar-refractivity contribution in [3.63, 3.8) is 0 Å². The second kappa shape index (κ2) is 11.2. The van der Waals surface area contributed by atoms with Gasteiger partial charge in [-0.1, -0.05) is 23.2 Å². The van der Waals surface area contributed by atoms with Crippen LogP contribution < -0.4 is 0 Å². The van der Waals surface area contributed by atoms with Crippen molar-refractivity contribution in [2.24, 2.45) is 0 Å². The maximum atomic E-state index is 12.7. The normalized spacial score (nSPS) is 14.2. The van der Waals surface area contributed by atoms with Gasteiger partial charge in [0.2, 0.25) is 0 Å². The molecule has 0 saturated heterocycles. The minimum Gasteiger partial charge on any atom is -0.418 e. The molecule has 2 aromatic rings. The number of allylic oxidation sites excluding steroid dienone is 2. The van der Waals surface area contributed by atoms with E-state index >= 15 is 0 Å². The number of hydrogen-bond acceptors (Lipinski definition) is 3. The van der Waals surface area contributed by atoms with E-state index in [-0.39, 0.29) is 11.1 Å². The average molecular weight is 519 g/mol. The maximum absolute atomic E-state index is 12.7. The van der Waals surface area contributed by atoms with Crippen molar-refractivity contribution in [1.82, 2.24) is 0 Å². The molecule has 0 aliphatic carbocycles. The summed E-state index contributed by atoms with van der Waals surface area (Å²) in [5.41, 5.74) is 0.237. The highest BCUT2D eigenvalue weighted by Crippen LogP contribution is 2.39. The summed E-state index contributed by atoms with van der Waals surface area (Å²) in [5, 5.41) is 0.598. The maximum Gasteiger partial charge on any atom is 0.418 e. The van der Waals surface area contributed by atoms with E-state index in [2.05, 4.69) is 0 Å². The van der Waals surface area contributed by atoms with Crippen LogP contribution in [0.15, 0.2) is 60.7 Å². The summed E-state index contributed by atoms with van der Waals surface area (Å²) in [7, 11) is -3.62. The van der Waals surface area contributed by atoms with Crippen LogP contribution >= 0.6 is 31.5 Å². The predicted octanol–water partition coefficient (Wildman–Crippen LogP) is 8.70. The quantitative estimate of drug-likeness (QED) is 0.199. The van der Waals surface area contributed by atoms with E-state index in [0.29, 0.717) is 22.2 Å². The Balaban J connectivity index is 2.28. The van der Waals surface area contributed by atoms with Gasteiger partial charge in [0.1, 0.15) is 11.5 Å². The van der Waals surface area contributed by atoms with E-state index < -0.39 is 45.0 Å². The van der Waals surface area contributed by atoms with Gasteiger partial charge < -0.3 is 9.05 Å². The number of benzene rings is 2. The van der Waals surface area contributed by atoms with Crippen molar-refractivity contribution in [1.29, 1.82) is 0 Å². The molecule has 0 N–H and O–H groups in total. The van der Waals surface area contributed by atoms with Gasteiger partial charge >= 0.3 is 20.6 Å². The summed E-state index contributed by atoms with van der Waals surface area (Å²) in [4.78, 5) is 0. The zero-order valence-electron chi connectivity index (χ0n) is 15.9. The van der Waals surface area contributed by atoms with Crippen molar-refractivity contribution in [2.45, 2.75) is 25.2 Å². The van der Waals surface area contributed by atoms with Crippen molar-refractivity contribution >= 4 is 43.0 Å². The lowest BCUT2D eigenvalue weighted by molar-refractivity contribution is -0.125. The number of alkyl halides is 6. The molecule has 0 fully saturated rings. The molecule has 0 unspecified atom stereocenters. The Kier molecular flexibility index (Phi) is 9.13. The van der Waals surface area contributed by atoms with Gasteiger partial charge in [0.05, 0.1) is 12.8 Å². The van der Waals surface area contributed by atoms with Gasteiger partial charge in [0.25, 0.3) is 0 Å². The standard InChI is InChI=1S/C20H15Cl2F6O3P/c21-15-5-1-13(2-6-15)17(9-11-19(23,24)25)30-32(29)31-18(10-12-20(26,27)28)14-3-7-16(22)8-4-14/h1-10,32H,11-12H2. The smallest absolute Gasteiger partial charge is 0.418 e. The van der Waals surface area contributed by atoms with Crippen molar-refractivity contribution in [2.75, 3.05) is 0 Å². The van der Waals surface area contributed by atoms with Crippen LogP contribution in [0.3, 0.4) is 0 Å². The molecule has 0 spiro atoms. The Bertz CT molecular complexity index is 905. The highest BCUT2D eigenvalue weighted by atomic mass is 35.5. The van der Waals surface area contributed by atoms with Crippen LogP contribution in [0.25, 0.3) is 11.5 Å². The molecule has 0 aliphatic rings. The molecule has 0 bridgehead atoms. The fourth-order valence-corrected chi connectivity index (χ4v) is 3.34. The minimum absolute atomic E-state index is 0.118. The third-order valence-electron chi connectivity index (χ3n) is 3.68. The van der Waals surface area contributed by atoms with Crippen LogP contribution in [0, 0.1) is 0 Å². The molecule has 0 saturated carbocycles. The minimum atomic E-state index is -4.57. The van der Waals surface area contributed by atoms with E-state index in [9.17, 15) is 30.9 Å². The van der Waals surface area contributed by atoms with Crippen LogP contribution in [0.5, 0.6) is 0 Å². The van der Waals surface area contributed by atoms with Gasteiger partial charge in [0.15, 0.2) is 0 Å². The molecule has 2 aromatic carbocycles. The molecule has 0 aliphatic heterocycles. The number of rotatable bonds is 8. The molecular formula is C20H15Cl2F6O3P.